The van der Waals surface area contributed by atoms with Gasteiger partial charge < -0.3 is 26.4 Å². The van der Waals surface area contributed by atoms with Crippen molar-refractivity contribution in [2.75, 3.05) is 5.32 Å². The van der Waals surface area contributed by atoms with Gasteiger partial charge in [0.25, 0.3) is 17.6 Å². The number of ketones is 1. The maximum Gasteiger partial charge on any atom is 0.293 e. The lowest BCUT2D eigenvalue weighted by molar-refractivity contribution is -0.117. The molecule has 4 rings (SSSR count). The summed E-state index contributed by atoms with van der Waals surface area (Å²) in [6.07, 6.45) is 3.84. The second kappa shape index (κ2) is 8.53. The van der Waals surface area contributed by atoms with E-state index in [0.717, 1.165) is 18.6 Å². The van der Waals surface area contributed by atoms with Crippen molar-refractivity contribution in [1.29, 1.82) is 0 Å². The van der Waals surface area contributed by atoms with E-state index >= 15 is 0 Å². The number of carbonyl (C=O) groups excluding carboxylic acids is 3. The number of Topliss-reactive ketones (excluding diaryl/α,β-unsaturated/α-hetero) is 1. The Morgan fingerprint density at radius 3 is 2.61 bits per heavy atom. The number of halogens is 2. The van der Waals surface area contributed by atoms with Crippen LogP contribution in [-0.4, -0.2) is 27.7 Å². The van der Waals surface area contributed by atoms with Crippen LogP contribution in [0.1, 0.15) is 51.4 Å². The van der Waals surface area contributed by atoms with Crippen molar-refractivity contribution in [3.05, 3.63) is 63.5 Å². The standard InChI is InChI=1S/C22H24ClFN6O3/c1-11-17(19(31)21(33)29-22(4-5-22)16(25)10-27-26)15-3-2-6-30(15)18(11)20(32)28-14-8-12(23)7-13(24)9-14/h7-10,27H,2-6,25-26H2,1H3,(H,28,32)(H,29,33)/b16-10-. The van der Waals surface area contributed by atoms with Crippen LogP contribution in [0.25, 0.3) is 0 Å². The van der Waals surface area contributed by atoms with Crippen molar-refractivity contribution in [2.24, 2.45) is 11.6 Å². The van der Waals surface area contributed by atoms with Crippen molar-refractivity contribution in [3.8, 4) is 0 Å². The Labute approximate surface area is 194 Å². The number of nitrogens with zero attached hydrogens (tertiary/aromatic N) is 1. The van der Waals surface area contributed by atoms with E-state index in [1.54, 1.807) is 11.5 Å². The third kappa shape index (κ3) is 4.19. The number of nitrogens with two attached hydrogens (primary N) is 2. The van der Waals surface area contributed by atoms with Gasteiger partial charge in [0, 0.05) is 29.1 Å². The zero-order valence-electron chi connectivity index (χ0n) is 17.9. The lowest BCUT2D eigenvalue weighted by Gasteiger charge is -2.17. The molecule has 1 aromatic carbocycles. The van der Waals surface area contributed by atoms with Gasteiger partial charge in [0.15, 0.2) is 0 Å². The van der Waals surface area contributed by atoms with Crippen molar-refractivity contribution in [2.45, 2.75) is 44.7 Å². The van der Waals surface area contributed by atoms with Crippen molar-refractivity contribution >= 4 is 34.9 Å². The fourth-order valence-electron chi connectivity index (χ4n) is 4.36. The number of rotatable bonds is 7. The van der Waals surface area contributed by atoms with Crippen LogP contribution in [0.2, 0.25) is 5.02 Å². The fourth-order valence-corrected chi connectivity index (χ4v) is 4.58. The molecule has 1 aromatic heterocycles. The summed E-state index contributed by atoms with van der Waals surface area (Å²) in [4.78, 5) is 39.1. The highest BCUT2D eigenvalue weighted by atomic mass is 35.5. The van der Waals surface area contributed by atoms with E-state index in [1.807, 2.05) is 0 Å². The number of benzene rings is 1. The fraction of sp³-hybridized carbons (Fsp3) is 0.318. The Morgan fingerprint density at radius 1 is 1.24 bits per heavy atom. The van der Waals surface area contributed by atoms with Gasteiger partial charge in [-0.15, -0.1) is 0 Å². The third-order valence-corrected chi connectivity index (χ3v) is 6.29. The third-order valence-electron chi connectivity index (χ3n) is 6.07. The summed E-state index contributed by atoms with van der Waals surface area (Å²) in [7, 11) is 0. The van der Waals surface area contributed by atoms with E-state index in [0.29, 0.717) is 42.8 Å². The summed E-state index contributed by atoms with van der Waals surface area (Å²) in [5.74, 6) is 2.63. The minimum absolute atomic E-state index is 0.141. The molecular formula is C22H24ClFN6O3. The smallest absolute Gasteiger partial charge is 0.293 e. The number of amides is 2. The first kappa shape index (κ1) is 22.8. The monoisotopic (exact) mass is 474 g/mol. The average molecular weight is 475 g/mol. The highest BCUT2D eigenvalue weighted by Crippen LogP contribution is 2.40. The van der Waals surface area contributed by atoms with E-state index in [4.69, 9.17) is 23.2 Å². The number of anilines is 1. The van der Waals surface area contributed by atoms with Crippen LogP contribution in [0.4, 0.5) is 10.1 Å². The number of fused-ring (bicyclic) bond motifs is 1. The van der Waals surface area contributed by atoms with Crippen LogP contribution < -0.4 is 27.6 Å². The molecule has 0 unspecified atom stereocenters. The van der Waals surface area contributed by atoms with Gasteiger partial charge in [-0.25, -0.2) is 4.39 Å². The number of hydrogen-bond donors (Lipinski definition) is 5. The van der Waals surface area contributed by atoms with Crippen LogP contribution in [0.15, 0.2) is 30.1 Å². The van der Waals surface area contributed by atoms with Gasteiger partial charge in [0.2, 0.25) is 0 Å². The molecule has 2 heterocycles. The molecule has 2 aromatic rings. The summed E-state index contributed by atoms with van der Waals surface area (Å²) in [5.41, 5.74) is 9.51. The lowest BCUT2D eigenvalue weighted by atomic mass is 10.0. The van der Waals surface area contributed by atoms with Gasteiger partial charge in [-0.3, -0.25) is 20.2 Å². The molecule has 7 N–H and O–H groups in total. The first-order valence-corrected chi connectivity index (χ1v) is 10.8. The SMILES string of the molecule is Cc1c(C(=O)C(=O)NC2(/C(N)=C/NN)CC2)c2n(c1C(=O)Nc1cc(F)cc(Cl)c1)CCC2. The second-order valence-corrected chi connectivity index (χ2v) is 8.73. The van der Waals surface area contributed by atoms with Crippen LogP contribution in [0.3, 0.4) is 0 Å². The normalized spacial score (nSPS) is 16.2. The molecule has 1 aliphatic heterocycles. The largest absolute Gasteiger partial charge is 0.399 e. The van der Waals surface area contributed by atoms with E-state index < -0.39 is 29.0 Å². The maximum absolute atomic E-state index is 13.7. The molecule has 174 valence electrons. The van der Waals surface area contributed by atoms with Gasteiger partial charge in [-0.1, -0.05) is 11.6 Å². The topological polar surface area (TPSA) is 144 Å². The zero-order chi connectivity index (χ0) is 23.9. The van der Waals surface area contributed by atoms with Crippen molar-refractivity contribution in [3.63, 3.8) is 0 Å². The Morgan fingerprint density at radius 2 is 1.97 bits per heavy atom. The minimum atomic E-state index is -0.799. The van der Waals surface area contributed by atoms with Gasteiger partial charge >= 0.3 is 0 Å². The highest BCUT2D eigenvalue weighted by molar-refractivity contribution is 6.44. The molecule has 11 heteroatoms. The number of hydrazine groups is 1. The van der Waals surface area contributed by atoms with E-state index in [-0.39, 0.29) is 22.0 Å². The molecule has 1 fully saturated rings. The summed E-state index contributed by atoms with van der Waals surface area (Å²) in [5, 5.41) is 5.49. The van der Waals surface area contributed by atoms with Gasteiger partial charge in [0.05, 0.1) is 16.8 Å². The van der Waals surface area contributed by atoms with Gasteiger partial charge in [0.1, 0.15) is 11.5 Å². The average Bonchev–Trinajstić information content (AvgIpc) is 3.27. The van der Waals surface area contributed by atoms with Crippen molar-refractivity contribution < 1.29 is 18.8 Å². The van der Waals surface area contributed by atoms with Gasteiger partial charge in [-0.2, -0.15) is 0 Å². The van der Waals surface area contributed by atoms with Crippen LogP contribution in [-0.2, 0) is 17.8 Å². The predicted octanol–water partition coefficient (Wildman–Crippen LogP) is 1.88. The van der Waals surface area contributed by atoms with Crippen LogP contribution in [0.5, 0.6) is 0 Å². The Hall–Kier alpha value is -3.37. The predicted molar refractivity (Wildman–Crippen MR) is 121 cm³/mol. The summed E-state index contributed by atoms with van der Waals surface area (Å²) in [6, 6.07) is 3.70. The summed E-state index contributed by atoms with van der Waals surface area (Å²) < 4.78 is 15.4. The summed E-state index contributed by atoms with van der Waals surface area (Å²) in [6.45, 7) is 2.15. The number of hydrogen-bond acceptors (Lipinski definition) is 6. The Kier molecular flexibility index (Phi) is 5.89. The minimum Gasteiger partial charge on any atom is -0.399 e. The molecule has 0 spiro atoms. The molecule has 33 heavy (non-hydrogen) atoms. The quantitative estimate of drug-likeness (QED) is 0.179. The Balaban J connectivity index is 1.62. The van der Waals surface area contributed by atoms with E-state index in [2.05, 4.69) is 16.1 Å². The van der Waals surface area contributed by atoms with Crippen LogP contribution >= 0.6 is 11.6 Å². The molecule has 0 bridgehead atoms. The molecule has 0 atom stereocenters. The van der Waals surface area contributed by atoms with E-state index in [9.17, 15) is 18.8 Å². The maximum atomic E-state index is 13.7. The number of aromatic nitrogens is 1. The van der Waals surface area contributed by atoms with Crippen LogP contribution in [0, 0.1) is 12.7 Å². The molecule has 1 saturated carbocycles. The molecule has 2 aliphatic rings. The molecule has 9 nitrogen and oxygen atoms in total. The summed E-state index contributed by atoms with van der Waals surface area (Å²) >= 11 is 5.88. The van der Waals surface area contributed by atoms with E-state index in [1.165, 1.54) is 12.3 Å². The second-order valence-electron chi connectivity index (χ2n) is 8.29. The Bertz CT molecular complexity index is 1180. The lowest BCUT2D eigenvalue weighted by Crippen LogP contribution is -2.45. The van der Waals surface area contributed by atoms with Gasteiger partial charge in [-0.05, 0) is 56.4 Å². The zero-order valence-corrected chi connectivity index (χ0v) is 18.7. The van der Waals surface area contributed by atoms with Crippen molar-refractivity contribution in [1.82, 2.24) is 15.3 Å². The highest BCUT2D eigenvalue weighted by Gasteiger charge is 2.48. The molecule has 1 aliphatic carbocycles. The number of nitrogens with one attached hydrogen (secondary N) is 3. The molecular weight excluding hydrogens is 451 g/mol. The molecule has 2 amide bonds. The first-order valence-electron chi connectivity index (χ1n) is 10.5. The number of carbonyl (C=O) groups is 3. The molecule has 0 radical (unpaired) electrons. The first-order chi connectivity index (χ1) is 15.7. The molecule has 0 saturated heterocycles.